The summed E-state index contributed by atoms with van der Waals surface area (Å²) in [7, 11) is 0. The van der Waals surface area contributed by atoms with Crippen LogP contribution in [0.5, 0.6) is 0 Å². The van der Waals surface area contributed by atoms with Gasteiger partial charge in [-0.15, -0.1) is 11.3 Å². The average Bonchev–Trinajstić information content (AvgIpc) is 2.62. The molecule has 2 unspecified atom stereocenters. The molecule has 1 aliphatic rings. The Morgan fingerprint density at radius 3 is 2.67 bits per heavy atom. The minimum Gasteiger partial charge on any atom is -0.395 e. The lowest BCUT2D eigenvalue weighted by Gasteiger charge is -2.43. The quantitative estimate of drug-likeness (QED) is 0.846. The minimum absolute atomic E-state index is 0.0341. The standard InChI is InChI=1S/C13H21ClN2OS/c1-9(15)13(11-5-6-12(14)18-11)16(7-8-17)10-3-2-4-10/h5-6,9-10,13,17H,2-4,7-8,15H2,1H3. The van der Waals surface area contributed by atoms with Crippen LogP contribution in [0.3, 0.4) is 0 Å². The van der Waals surface area contributed by atoms with Crippen molar-refractivity contribution in [3.05, 3.63) is 21.3 Å². The number of halogens is 1. The summed E-state index contributed by atoms with van der Waals surface area (Å²) in [6.07, 6.45) is 3.70. The smallest absolute Gasteiger partial charge is 0.0931 e. The molecule has 0 aromatic carbocycles. The monoisotopic (exact) mass is 288 g/mol. The van der Waals surface area contributed by atoms with Gasteiger partial charge < -0.3 is 10.8 Å². The first kappa shape index (κ1) is 14.3. The molecular weight excluding hydrogens is 268 g/mol. The molecular formula is C13H21ClN2OS. The van der Waals surface area contributed by atoms with Gasteiger partial charge in [0.25, 0.3) is 0 Å². The molecule has 3 N–H and O–H groups in total. The van der Waals surface area contributed by atoms with Crippen molar-refractivity contribution in [2.45, 2.75) is 44.3 Å². The first-order chi connectivity index (χ1) is 8.63. The lowest BCUT2D eigenvalue weighted by Crippen LogP contribution is -2.48. The van der Waals surface area contributed by atoms with E-state index in [9.17, 15) is 5.11 Å². The molecule has 5 heteroatoms. The normalized spacial score (nSPS) is 19.8. The van der Waals surface area contributed by atoms with Crippen LogP contribution in [0.1, 0.15) is 37.1 Å². The third-order valence-electron chi connectivity index (χ3n) is 3.64. The molecule has 1 aromatic heterocycles. The number of aliphatic hydroxyl groups is 1. The first-order valence-corrected chi connectivity index (χ1v) is 7.70. The number of hydrogen-bond acceptors (Lipinski definition) is 4. The van der Waals surface area contributed by atoms with Crippen molar-refractivity contribution in [2.24, 2.45) is 5.73 Å². The molecule has 1 fully saturated rings. The first-order valence-electron chi connectivity index (χ1n) is 6.51. The van der Waals surface area contributed by atoms with Gasteiger partial charge in [0.05, 0.1) is 17.0 Å². The molecule has 0 amide bonds. The van der Waals surface area contributed by atoms with Gasteiger partial charge >= 0.3 is 0 Å². The second kappa shape index (κ2) is 6.35. The van der Waals surface area contributed by atoms with Gasteiger partial charge in [0, 0.05) is 23.5 Å². The predicted octanol–water partition coefficient (Wildman–Crippen LogP) is 2.64. The van der Waals surface area contributed by atoms with E-state index in [0.29, 0.717) is 12.6 Å². The molecule has 0 bridgehead atoms. The van der Waals surface area contributed by atoms with Gasteiger partial charge in [0.1, 0.15) is 0 Å². The third-order valence-corrected chi connectivity index (χ3v) is 4.94. The van der Waals surface area contributed by atoms with Crippen LogP contribution in [-0.4, -0.2) is 35.2 Å². The topological polar surface area (TPSA) is 49.5 Å². The zero-order valence-corrected chi connectivity index (χ0v) is 12.3. The van der Waals surface area contributed by atoms with Crippen molar-refractivity contribution >= 4 is 22.9 Å². The summed E-state index contributed by atoms with van der Waals surface area (Å²) in [5, 5.41) is 9.28. The Kier molecular flexibility index (Phi) is 5.04. The van der Waals surface area contributed by atoms with Crippen molar-refractivity contribution in [3.8, 4) is 0 Å². The number of thiophene rings is 1. The molecule has 1 aliphatic carbocycles. The van der Waals surface area contributed by atoms with Crippen molar-refractivity contribution in [2.75, 3.05) is 13.2 Å². The highest BCUT2D eigenvalue weighted by Crippen LogP contribution is 2.37. The van der Waals surface area contributed by atoms with Crippen LogP contribution in [0.2, 0.25) is 4.34 Å². The maximum atomic E-state index is 9.28. The van der Waals surface area contributed by atoms with Crippen molar-refractivity contribution < 1.29 is 5.11 Å². The largest absolute Gasteiger partial charge is 0.395 e. The second-order valence-corrected chi connectivity index (χ2v) is 6.74. The van der Waals surface area contributed by atoms with Crippen LogP contribution >= 0.6 is 22.9 Å². The second-order valence-electron chi connectivity index (χ2n) is 4.99. The molecule has 1 saturated carbocycles. The van der Waals surface area contributed by atoms with Gasteiger partial charge in [-0.25, -0.2) is 0 Å². The van der Waals surface area contributed by atoms with E-state index in [0.717, 1.165) is 4.34 Å². The third kappa shape index (κ3) is 3.06. The lowest BCUT2D eigenvalue weighted by atomic mass is 9.89. The van der Waals surface area contributed by atoms with Crippen molar-refractivity contribution in [1.82, 2.24) is 4.90 Å². The molecule has 102 valence electrons. The van der Waals surface area contributed by atoms with E-state index < -0.39 is 0 Å². The Morgan fingerprint density at radius 2 is 2.28 bits per heavy atom. The van der Waals surface area contributed by atoms with Gasteiger partial charge in [0.15, 0.2) is 0 Å². The van der Waals surface area contributed by atoms with E-state index in [1.807, 2.05) is 13.0 Å². The molecule has 0 saturated heterocycles. The Labute approximate surface area is 118 Å². The molecule has 2 rings (SSSR count). The summed E-state index contributed by atoms with van der Waals surface area (Å²) in [5.74, 6) is 0. The fourth-order valence-corrected chi connectivity index (χ4v) is 3.89. The van der Waals surface area contributed by atoms with Gasteiger partial charge in [0.2, 0.25) is 0 Å². The number of nitrogens with two attached hydrogens (primary N) is 1. The van der Waals surface area contributed by atoms with E-state index in [4.69, 9.17) is 17.3 Å². The number of hydrogen-bond donors (Lipinski definition) is 2. The summed E-state index contributed by atoms with van der Waals surface area (Å²) < 4.78 is 0.799. The highest BCUT2D eigenvalue weighted by molar-refractivity contribution is 7.16. The number of nitrogens with zero attached hydrogens (tertiary/aromatic N) is 1. The Hall–Kier alpha value is -0.130. The van der Waals surface area contributed by atoms with Gasteiger partial charge in [-0.3, -0.25) is 4.90 Å². The highest BCUT2D eigenvalue weighted by Gasteiger charge is 2.33. The van der Waals surface area contributed by atoms with E-state index in [2.05, 4.69) is 11.0 Å². The zero-order valence-electron chi connectivity index (χ0n) is 10.7. The van der Waals surface area contributed by atoms with Gasteiger partial charge in [-0.2, -0.15) is 0 Å². The maximum absolute atomic E-state index is 9.28. The lowest BCUT2D eigenvalue weighted by molar-refractivity contribution is 0.0518. The number of aliphatic hydroxyl groups excluding tert-OH is 1. The number of rotatable bonds is 6. The Balaban J connectivity index is 2.20. The predicted molar refractivity (Wildman–Crippen MR) is 77.2 cm³/mol. The Morgan fingerprint density at radius 1 is 1.56 bits per heavy atom. The summed E-state index contributed by atoms with van der Waals surface area (Å²) in [6, 6.07) is 4.75. The fourth-order valence-electron chi connectivity index (χ4n) is 2.59. The SMILES string of the molecule is CC(N)C(c1ccc(Cl)s1)N(CCO)C1CCC1. The molecule has 3 nitrogen and oxygen atoms in total. The molecule has 0 aliphatic heterocycles. The van der Waals surface area contributed by atoms with Crippen LogP contribution in [0.15, 0.2) is 12.1 Å². The van der Waals surface area contributed by atoms with Crippen LogP contribution in [0, 0.1) is 0 Å². The van der Waals surface area contributed by atoms with E-state index >= 15 is 0 Å². The van der Waals surface area contributed by atoms with Gasteiger partial charge in [-0.1, -0.05) is 18.0 Å². The van der Waals surface area contributed by atoms with E-state index in [1.54, 1.807) is 11.3 Å². The molecule has 1 aromatic rings. The van der Waals surface area contributed by atoms with Crippen LogP contribution in [0.25, 0.3) is 0 Å². The van der Waals surface area contributed by atoms with E-state index in [-0.39, 0.29) is 18.7 Å². The van der Waals surface area contributed by atoms with Crippen molar-refractivity contribution in [1.29, 1.82) is 0 Å². The molecule has 0 radical (unpaired) electrons. The van der Waals surface area contributed by atoms with Crippen LogP contribution < -0.4 is 5.73 Å². The summed E-state index contributed by atoms with van der Waals surface area (Å²) in [4.78, 5) is 3.56. The van der Waals surface area contributed by atoms with Crippen LogP contribution in [-0.2, 0) is 0 Å². The maximum Gasteiger partial charge on any atom is 0.0931 e. The highest BCUT2D eigenvalue weighted by atomic mass is 35.5. The van der Waals surface area contributed by atoms with Crippen molar-refractivity contribution in [3.63, 3.8) is 0 Å². The zero-order chi connectivity index (χ0) is 13.1. The minimum atomic E-state index is 0.0341. The summed E-state index contributed by atoms with van der Waals surface area (Å²) >= 11 is 7.62. The Bertz CT molecular complexity index is 379. The molecule has 18 heavy (non-hydrogen) atoms. The summed E-state index contributed by atoms with van der Waals surface area (Å²) in [6.45, 7) is 2.90. The van der Waals surface area contributed by atoms with Crippen LogP contribution in [0.4, 0.5) is 0 Å². The van der Waals surface area contributed by atoms with E-state index in [1.165, 1.54) is 24.1 Å². The fraction of sp³-hybridized carbons (Fsp3) is 0.692. The van der Waals surface area contributed by atoms with Gasteiger partial charge in [-0.05, 0) is 31.9 Å². The molecule has 1 heterocycles. The molecule has 0 spiro atoms. The summed E-state index contributed by atoms with van der Waals surface area (Å²) in [5.41, 5.74) is 6.17. The average molecular weight is 289 g/mol. The molecule has 2 atom stereocenters.